The molecule has 1 aliphatic heterocycles. The summed E-state index contributed by atoms with van der Waals surface area (Å²) in [6.07, 6.45) is 0.615. The van der Waals surface area contributed by atoms with Crippen LogP contribution in [0, 0.1) is 5.92 Å². The largest absolute Gasteiger partial charge is 0.343 e. The molecular formula is C5H11NO3. The predicted octanol–water partition coefficient (Wildman–Crippen LogP) is -1.77. The minimum Gasteiger partial charge on any atom is -0.343 e. The van der Waals surface area contributed by atoms with Crippen LogP contribution in [-0.4, -0.2) is 34.4 Å². The van der Waals surface area contributed by atoms with E-state index in [4.69, 9.17) is 15.3 Å². The van der Waals surface area contributed by atoms with E-state index in [0.717, 1.165) is 6.54 Å². The Balaban J connectivity index is 2.42. The van der Waals surface area contributed by atoms with Gasteiger partial charge in [-0.3, -0.25) is 0 Å². The average molecular weight is 133 g/mol. The molecule has 1 heterocycles. The first kappa shape index (κ1) is 6.95. The Morgan fingerprint density at radius 1 is 1.33 bits per heavy atom. The SMILES string of the molecule is OC(O)(O)C1CCNC1. The van der Waals surface area contributed by atoms with Gasteiger partial charge in [0.1, 0.15) is 0 Å². The van der Waals surface area contributed by atoms with Gasteiger partial charge in [0.05, 0.1) is 5.92 Å². The molecule has 1 aliphatic rings. The van der Waals surface area contributed by atoms with Crippen molar-refractivity contribution < 1.29 is 15.3 Å². The third-order valence-electron chi connectivity index (χ3n) is 1.61. The van der Waals surface area contributed by atoms with E-state index >= 15 is 0 Å². The lowest BCUT2D eigenvalue weighted by Gasteiger charge is -2.19. The quantitative estimate of drug-likeness (QED) is 0.319. The second-order valence-electron chi connectivity index (χ2n) is 2.38. The minimum atomic E-state index is -2.48. The fourth-order valence-electron chi connectivity index (χ4n) is 0.985. The first-order valence-electron chi connectivity index (χ1n) is 2.98. The van der Waals surface area contributed by atoms with Crippen molar-refractivity contribution in [3.05, 3.63) is 0 Å². The molecule has 0 aromatic rings. The maximum atomic E-state index is 8.59. The summed E-state index contributed by atoms with van der Waals surface area (Å²) in [7, 11) is 0. The van der Waals surface area contributed by atoms with Crippen LogP contribution >= 0.6 is 0 Å². The van der Waals surface area contributed by atoms with Gasteiger partial charge >= 0.3 is 0 Å². The summed E-state index contributed by atoms with van der Waals surface area (Å²) in [6, 6.07) is 0. The molecule has 1 saturated heterocycles. The maximum absolute atomic E-state index is 8.59. The highest BCUT2D eigenvalue weighted by molar-refractivity contribution is 4.75. The van der Waals surface area contributed by atoms with Gasteiger partial charge in [-0.2, -0.15) is 0 Å². The molecule has 1 unspecified atom stereocenters. The Labute approximate surface area is 53.1 Å². The van der Waals surface area contributed by atoms with Crippen LogP contribution in [0.3, 0.4) is 0 Å². The molecule has 4 N–H and O–H groups in total. The van der Waals surface area contributed by atoms with Crippen LogP contribution in [0.2, 0.25) is 0 Å². The van der Waals surface area contributed by atoms with Crippen molar-refractivity contribution in [2.24, 2.45) is 5.92 Å². The Kier molecular flexibility index (Phi) is 1.72. The van der Waals surface area contributed by atoms with E-state index in [2.05, 4.69) is 5.32 Å². The smallest absolute Gasteiger partial charge is 0.279 e. The number of rotatable bonds is 1. The van der Waals surface area contributed by atoms with Crippen molar-refractivity contribution in [1.82, 2.24) is 5.32 Å². The third-order valence-corrected chi connectivity index (χ3v) is 1.61. The van der Waals surface area contributed by atoms with E-state index in [1.54, 1.807) is 0 Å². The molecule has 0 aromatic heterocycles. The Morgan fingerprint density at radius 3 is 2.22 bits per heavy atom. The van der Waals surface area contributed by atoms with Crippen LogP contribution in [0.1, 0.15) is 6.42 Å². The van der Waals surface area contributed by atoms with E-state index in [1.165, 1.54) is 0 Å². The standard InChI is InChI=1S/C5H11NO3/c7-5(8,9)4-1-2-6-3-4/h4,6-9H,1-3H2. The Bertz CT molecular complexity index is 92.9. The molecule has 0 bridgehead atoms. The highest BCUT2D eigenvalue weighted by atomic mass is 16.7. The highest BCUT2D eigenvalue weighted by Crippen LogP contribution is 2.17. The fraction of sp³-hybridized carbons (Fsp3) is 1.00. The number of aliphatic hydroxyl groups is 3. The summed E-state index contributed by atoms with van der Waals surface area (Å²) in [4.78, 5) is 0. The van der Waals surface area contributed by atoms with Crippen LogP contribution in [-0.2, 0) is 0 Å². The molecule has 4 nitrogen and oxygen atoms in total. The van der Waals surface area contributed by atoms with Crippen LogP contribution in [0.5, 0.6) is 0 Å². The van der Waals surface area contributed by atoms with E-state index in [0.29, 0.717) is 13.0 Å². The molecule has 1 fully saturated rings. The summed E-state index contributed by atoms with van der Waals surface area (Å²) in [5, 5.41) is 28.7. The predicted molar refractivity (Wildman–Crippen MR) is 30.4 cm³/mol. The second-order valence-corrected chi connectivity index (χ2v) is 2.38. The van der Waals surface area contributed by atoms with Crippen molar-refractivity contribution in [3.63, 3.8) is 0 Å². The zero-order chi connectivity index (χ0) is 6.91. The Morgan fingerprint density at radius 2 is 2.00 bits per heavy atom. The van der Waals surface area contributed by atoms with Gasteiger partial charge in [-0.25, -0.2) is 0 Å². The zero-order valence-corrected chi connectivity index (χ0v) is 5.04. The van der Waals surface area contributed by atoms with Gasteiger partial charge in [0.2, 0.25) is 0 Å². The van der Waals surface area contributed by atoms with E-state index < -0.39 is 11.9 Å². The second kappa shape index (κ2) is 2.22. The van der Waals surface area contributed by atoms with Gasteiger partial charge in [-0.15, -0.1) is 0 Å². The lowest BCUT2D eigenvalue weighted by molar-refractivity contribution is -0.338. The van der Waals surface area contributed by atoms with Crippen LogP contribution in [0.15, 0.2) is 0 Å². The minimum absolute atomic E-state index is 0.433. The Hall–Kier alpha value is -0.160. The van der Waals surface area contributed by atoms with Gasteiger partial charge in [-0.1, -0.05) is 0 Å². The van der Waals surface area contributed by atoms with Gasteiger partial charge in [-0.05, 0) is 13.0 Å². The van der Waals surface area contributed by atoms with Crippen LogP contribution < -0.4 is 5.32 Å². The summed E-state index contributed by atoms with van der Waals surface area (Å²) >= 11 is 0. The highest BCUT2D eigenvalue weighted by Gasteiger charge is 2.33. The molecule has 0 spiro atoms. The monoisotopic (exact) mass is 133 g/mol. The molecule has 9 heavy (non-hydrogen) atoms. The normalized spacial score (nSPS) is 29.0. The first-order chi connectivity index (χ1) is 4.11. The summed E-state index contributed by atoms with van der Waals surface area (Å²) < 4.78 is 0. The van der Waals surface area contributed by atoms with E-state index in [-0.39, 0.29) is 0 Å². The maximum Gasteiger partial charge on any atom is 0.279 e. The van der Waals surface area contributed by atoms with Gasteiger partial charge in [0.15, 0.2) is 0 Å². The third kappa shape index (κ3) is 1.62. The van der Waals surface area contributed by atoms with Crippen molar-refractivity contribution in [1.29, 1.82) is 0 Å². The van der Waals surface area contributed by atoms with E-state index in [1.807, 2.05) is 0 Å². The summed E-state index contributed by atoms with van der Waals surface area (Å²) in [5.74, 6) is -2.92. The molecule has 54 valence electrons. The lowest BCUT2D eigenvalue weighted by atomic mass is 10.1. The van der Waals surface area contributed by atoms with Crippen molar-refractivity contribution in [2.75, 3.05) is 13.1 Å². The number of nitrogens with one attached hydrogen (secondary N) is 1. The molecule has 0 aliphatic carbocycles. The molecule has 1 atom stereocenters. The molecule has 0 saturated carbocycles. The summed E-state index contributed by atoms with van der Waals surface area (Å²) in [5.41, 5.74) is 0. The summed E-state index contributed by atoms with van der Waals surface area (Å²) in [6.45, 7) is 1.22. The molecule has 0 amide bonds. The molecule has 0 radical (unpaired) electrons. The number of hydrogen-bond acceptors (Lipinski definition) is 4. The molecule has 4 heteroatoms. The molecular weight excluding hydrogens is 122 g/mol. The zero-order valence-electron chi connectivity index (χ0n) is 5.04. The average Bonchev–Trinajstić information content (AvgIpc) is 2.08. The van der Waals surface area contributed by atoms with Crippen LogP contribution in [0.4, 0.5) is 0 Å². The van der Waals surface area contributed by atoms with Gasteiger partial charge < -0.3 is 20.6 Å². The van der Waals surface area contributed by atoms with Crippen molar-refractivity contribution >= 4 is 0 Å². The van der Waals surface area contributed by atoms with Crippen LogP contribution in [0.25, 0.3) is 0 Å². The van der Waals surface area contributed by atoms with Crippen molar-refractivity contribution in [3.8, 4) is 0 Å². The topological polar surface area (TPSA) is 72.7 Å². The van der Waals surface area contributed by atoms with Crippen molar-refractivity contribution in [2.45, 2.75) is 12.4 Å². The number of hydrogen-bond donors (Lipinski definition) is 4. The molecule has 0 aromatic carbocycles. The molecule has 1 rings (SSSR count). The van der Waals surface area contributed by atoms with E-state index in [9.17, 15) is 0 Å². The first-order valence-corrected chi connectivity index (χ1v) is 2.98. The van der Waals surface area contributed by atoms with Gasteiger partial charge in [0, 0.05) is 6.54 Å². The fourth-order valence-corrected chi connectivity index (χ4v) is 0.985. The lowest BCUT2D eigenvalue weighted by Crippen LogP contribution is -2.38. The van der Waals surface area contributed by atoms with Gasteiger partial charge in [0.25, 0.3) is 5.97 Å².